The first-order chi connectivity index (χ1) is 12.2. The third-order valence-electron chi connectivity index (χ3n) is 3.51. The fourth-order valence-electron chi connectivity index (χ4n) is 2.25. The van der Waals surface area contributed by atoms with Crippen molar-refractivity contribution in [1.29, 1.82) is 0 Å². The van der Waals surface area contributed by atoms with E-state index < -0.39 is 0 Å². The summed E-state index contributed by atoms with van der Waals surface area (Å²) in [4.78, 5) is 9.09. The molecule has 0 fully saturated rings. The topological polar surface area (TPSA) is 58.5 Å². The van der Waals surface area contributed by atoms with Gasteiger partial charge in [0.1, 0.15) is 12.4 Å². The van der Waals surface area contributed by atoms with Crippen LogP contribution in [0.5, 0.6) is 5.75 Å². The summed E-state index contributed by atoms with van der Waals surface area (Å²) in [7, 11) is 0. The number of guanidine groups is 1. The largest absolute Gasteiger partial charge is 0.492 e. The predicted molar refractivity (Wildman–Crippen MR) is 121 cm³/mol. The molecule has 2 N–H and O–H groups in total. The molecule has 0 amide bonds. The van der Waals surface area contributed by atoms with E-state index >= 15 is 0 Å². The summed E-state index contributed by atoms with van der Waals surface area (Å²) >= 11 is 1.73. The lowest BCUT2D eigenvalue weighted by Gasteiger charge is -2.12. The van der Waals surface area contributed by atoms with E-state index in [0.717, 1.165) is 43.3 Å². The number of halogens is 1. The summed E-state index contributed by atoms with van der Waals surface area (Å²) < 4.78 is 5.72. The van der Waals surface area contributed by atoms with Gasteiger partial charge in [0.15, 0.2) is 5.96 Å². The van der Waals surface area contributed by atoms with Gasteiger partial charge in [-0.3, -0.25) is 4.99 Å². The number of hydrogen-bond acceptors (Lipinski definition) is 4. The number of aromatic nitrogens is 1. The third kappa shape index (κ3) is 8.84. The SMILES string of the molecule is CCNC(=NCCCc1nc(C)cs1)NCCOc1ccc(C)cc1.I. The van der Waals surface area contributed by atoms with E-state index in [9.17, 15) is 0 Å². The minimum atomic E-state index is 0. The third-order valence-corrected chi connectivity index (χ3v) is 4.54. The summed E-state index contributed by atoms with van der Waals surface area (Å²) in [6.45, 7) is 9.11. The Morgan fingerprint density at radius 3 is 2.62 bits per heavy atom. The predicted octanol–water partition coefficient (Wildman–Crippen LogP) is 3.94. The molecule has 0 aliphatic rings. The highest BCUT2D eigenvalue weighted by Crippen LogP contribution is 2.11. The lowest BCUT2D eigenvalue weighted by Crippen LogP contribution is -2.39. The fraction of sp³-hybridized carbons (Fsp3) is 0.474. The summed E-state index contributed by atoms with van der Waals surface area (Å²) in [5.74, 6) is 1.73. The van der Waals surface area contributed by atoms with Crippen LogP contribution in [0.4, 0.5) is 0 Å². The molecule has 0 saturated heterocycles. The molecule has 0 bridgehead atoms. The number of aliphatic imine (C=N–C) groups is 1. The van der Waals surface area contributed by atoms with Crippen molar-refractivity contribution in [2.75, 3.05) is 26.2 Å². The zero-order valence-electron chi connectivity index (χ0n) is 15.7. The van der Waals surface area contributed by atoms with Crippen molar-refractivity contribution < 1.29 is 4.74 Å². The van der Waals surface area contributed by atoms with Gasteiger partial charge in [-0.05, 0) is 39.3 Å². The molecule has 0 radical (unpaired) electrons. The molecule has 26 heavy (non-hydrogen) atoms. The highest BCUT2D eigenvalue weighted by atomic mass is 127. The molecule has 7 heteroatoms. The maximum Gasteiger partial charge on any atom is 0.191 e. The number of nitrogens with zero attached hydrogens (tertiary/aromatic N) is 2. The minimum absolute atomic E-state index is 0. The van der Waals surface area contributed by atoms with Crippen molar-refractivity contribution in [3.8, 4) is 5.75 Å². The Bertz CT molecular complexity index is 658. The molecule has 2 rings (SSSR count). The Labute approximate surface area is 177 Å². The average molecular weight is 488 g/mol. The normalized spacial score (nSPS) is 11.0. The standard InChI is InChI=1S/C19H28N4OS.HI/c1-4-20-19(21-11-5-6-18-23-16(3)14-25-18)22-12-13-24-17-9-7-15(2)8-10-17;/h7-10,14H,4-6,11-13H2,1-3H3,(H2,20,21,22);1H. The Hall–Kier alpha value is -1.35. The molecular formula is C19H29IN4OS. The number of hydrogen-bond donors (Lipinski definition) is 2. The summed E-state index contributed by atoms with van der Waals surface area (Å²) in [6, 6.07) is 8.10. The van der Waals surface area contributed by atoms with E-state index in [0.29, 0.717) is 13.2 Å². The maximum absolute atomic E-state index is 5.72. The van der Waals surface area contributed by atoms with Crippen LogP contribution in [-0.2, 0) is 6.42 Å². The van der Waals surface area contributed by atoms with Gasteiger partial charge in [-0.25, -0.2) is 4.98 Å². The number of aryl methyl sites for hydroxylation is 3. The second-order valence-corrected chi connectivity index (χ2v) is 6.78. The minimum Gasteiger partial charge on any atom is -0.492 e. The zero-order chi connectivity index (χ0) is 17.9. The van der Waals surface area contributed by atoms with Crippen LogP contribution in [0.1, 0.15) is 29.6 Å². The van der Waals surface area contributed by atoms with E-state index in [2.05, 4.69) is 52.0 Å². The lowest BCUT2D eigenvalue weighted by molar-refractivity contribution is 0.322. The first kappa shape index (κ1) is 22.7. The highest BCUT2D eigenvalue weighted by molar-refractivity contribution is 14.0. The van der Waals surface area contributed by atoms with Crippen LogP contribution in [0.25, 0.3) is 0 Å². The lowest BCUT2D eigenvalue weighted by atomic mass is 10.2. The maximum atomic E-state index is 5.72. The monoisotopic (exact) mass is 488 g/mol. The molecule has 0 atom stereocenters. The second kappa shape index (κ2) is 12.9. The molecular weight excluding hydrogens is 459 g/mol. The van der Waals surface area contributed by atoms with Gasteiger partial charge in [-0.1, -0.05) is 17.7 Å². The van der Waals surface area contributed by atoms with Gasteiger partial charge in [0.05, 0.1) is 11.6 Å². The van der Waals surface area contributed by atoms with Crippen molar-refractivity contribution in [1.82, 2.24) is 15.6 Å². The zero-order valence-corrected chi connectivity index (χ0v) is 18.9. The van der Waals surface area contributed by atoms with Gasteiger partial charge < -0.3 is 15.4 Å². The molecule has 1 heterocycles. The smallest absolute Gasteiger partial charge is 0.191 e. The van der Waals surface area contributed by atoms with Crippen LogP contribution in [-0.4, -0.2) is 37.2 Å². The molecule has 2 aromatic rings. The Kier molecular flexibility index (Phi) is 11.3. The van der Waals surface area contributed by atoms with E-state index in [-0.39, 0.29) is 24.0 Å². The number of ether oxygens (including phenoxy) is 1. The molecule has 5 nitrogen and oxygen atoms in total. The van der Waals surface area contributed by atoms with Gasteiger partial charge in [0, 0.05) is 30.6 Å². The van der Waals surface area contributed by atoms with E-state index in [4.69, 9.17) is 4.74 Å². The molecule has 0 unspecified atom stereocenters. The Morgan fingerprint density at radius 2 is 1.96 bits per heavy atom. The molecule has 0 aliphatic heterocycles. The number of thiazole rings is 1. The van der Waals surface area contributed by atoms with Gasteiger partial charge in [-0.2, -0.15) is 0 Å². The number of benzene rings is 1. The molecule has 0 saturated carbocycles. The van der Waals surface area contributed by atoms with Crippen LogP contribution in [0.15, 0.2) is 34.6 Å². The van der Waals surface area contributed by atoms with E-state index in [1.807, 2.05) is 19.1 Å². The molecule has 0 spiro atoms. The van der Waals surface area contributed by atoms with Crippen LogP contribution in [0.2, 0.25) is 0 Å². The van der Waals surface area contributed by atoms with E-state index in [1.165, 1.54) is 10.6 Å². The Balaban J connectivity index is 0.00000338. The summed E-state index contributed by atoms with van der Waals surface area (Å²) in [6.07, 6.45) is 1.99. The molecule has 144 valence electrons. The molecule has 0 aliphatic carbocycles. The summed E-state index contributed by atoms with van der Waals surface area (Å²) in [5.41, 5.74) is 2.34. The van der Waals surface area contributed by atoms with Crippen molar-refractivity contribution in [2.45, 2.75) is 33.6 Å². The van der Waals surface area contributed by atoms with Gasteiger partial charge in [-0.15, -0.1) is 35.3 Å². The van der Waals surface area contributed by atoms with Gasteiger partial charge >= 0.3 is 0 Å². The fourth-order valence-corrected chi connectivity index (χ4v) is 3.07. The first-order valence-electron chi connectivity index (χ1n) is 8.80. The quantitative estimate of drug-likeness (QED) is 0.243. The second-order valence-electron chi connectivity index (χ2n) is 5.84. The van der Waals surface area contributed by atoms with Crippen LogP contribution < -0.4 is 15.4 Å². The highest BCUT2D eigenvalue weighted by Gasteiger charge is 2.00. The van der Waals surface area contributed by atoms with Gasteiger partial charge in [0.2, 0.25) is 0 Å². The molecule has 1 aromatic carbocycles. The van der Waals surface area contributed by atoms with Crippen molar-refractivity contribution in [3.05, 3.63) is 45.9 Å². The van der Waals surface area contributed by atoms with Crippen LogP contribution in [0.3, 0.4) is 0 Å². The number of rotatable bonds is 9. The van der Waals surface area contributed by atoms with E-state index in [1.54, 1.807) is 11.3 Å². The Morgan fingerprint density at radius 1 is 1.19 bits per heavy atom. The molecule has 1 aromatic heterocycles. The summed E-state index contributed by atoms with van der Waals surface area (Å²) in [5, 5.41) is 9.86. The number of nitrogens with one attached hydrogen (secondary N) is 2. The van der Waals surface area contributed by atoms with Crippen molar-refractivity contribution in [3.63, 3.8) is 0 Å². The van der Waals surface area contributed by atoms with Crippen molar-refractivity contribution >= 4 is 41.3 Å². The van der Waals surface area contributed by atoms with Gasteiger partial charge in [0.25, 0.3) is 0 Å². The van der Waals surface area contributed by atoms with Crippen molar-refractivity contribution in [2.24, 2.45) is 4.99 Å². The van der Waals surface area contributed by atoms with Crippen LogP contribution in [0, 0.1) is 13.8 Å². The van der Waals surface area contributed by atoms with Crippen LogP contribution >= 0.6 is 35.3 Å². The first-order valence-corrected chi connectivity index (χ1v) is 9.68. The average Bonchev–Trinajstić information content (AvgIpc) is 3.02.